The summed E-state index contributed by atoms with van der Waals surface area (Å²) in [6.45, 7) is -0.456. The molecule has 29 heavy (non-hydrogen) atoms. The maximum Gasteiger partial charge on any atom is 0.341 e. The molecule has 3 rings (SSSR count). The molecule has 1 amide bonds. The van der Waals surface area contributed by atoms with Crippen LogP contribution in [-0.4, -0.2) is 47.3 Å². The SMILES string of the molecule is COC(=O)c1c(NC(=O)CN(c2ccccc2OC)S(C)(=O)=O)sc2c1CCC2. The van der Waals surface area contributed by atoms with Gasteiger partial charge in [-0.2, -0.15) is 0 Å². The van der Waals surface area contributed by atoms with Crippen LogP contribution in [0, 0.1) is 0 Å². The van der Waals surface area contributed by atoms with Crippen molar-refractivity contribution in [1.29, 1.82) is 0 Å². The highest BCUT2D eigenvalue weighted by atomic mass is 32.2. The van der Waals surface area contributed by atoms with E-state index in [1.165, 1.54) is 25.6 Å². The Labute approximate surface area is 173 Å². The predicted octanol–water partition coefficient (Wildman–Crippen LogP) is 2.44. The third-order valence-electron chi connectivity index (χ3n) is 4.61. The van der Waals surface area contributed by atoms with E-state index in [0.29, 0.717) is 16.3 Å². The van der Waals surface area contributed by atoms with E-state index in [2.05, 4.69) is 5.32 Å². The quantitative estimate of drug-likeness (QED) is 0.666. The molecule has 0 radical (unpaired) electrons. The summed E-state index contributed by atoms with van der Waals surface area (Å²) in [6.07, 6.45) is 3.57. The molecule has 10 heteroatoms. The van der Waals surface area contributed by atoms with Crippen molar-refractivity contribution < 1.29 is 27.5 Å². The number of nitrogens with one attached hydrogen (secondary N) is 1. The lowest BCUT2D eigenvalue weighted by atomic mass is 10.1. The van der Waals surface area contributed by atoms with Crippen LogP contribution >= 0.6 is 11.3 Å². The van der Waals surface area contributed by atoms with E-state index in [9.17, 15) is 18.0 Å². The largest absolute Gasteiger partial charge is 0.495 e. The number of aryl methyl sites for hydroxylation is 1. The number of esters is 1. The number of hydrogen-bond donors (Lipinski definition) is 1. The lowest BCUT2D eigenvalue weighted by Gasteiger charge is -2.23. The molecular weight excluding hydrogens is 416 g/mol. The van der Waals surface area contributed by atoms with Crippen LogP contribution in [0.15, 0.2) is 24.3 Å². The van der Waals surface area contributed by atoms with Crippen molar-refractivity contribution in [2.45, 2.75) is 19.3 Å². The Balaban J connectivity index is 1.88. The molecule has 1 N–H and O–H groups in total. The number of methoxy groups -OCH3 is 2. The van der Waals surface area contributed by atoms with E-state index < -0.39 is 28.4 Å². The summed E-state index contributed by atoms with van der Waals surface area (Å²) in [5.41, 5.74) is 1.53. The summed E-state index contributed by atoms with van der Waals surface area (Å²) >= 11 is 1.33. The van der Waals surface area contributed by atoms with E-state index in [-0.39, 0.29) is 5.69 Å². The normalized spacial score (nSPS) is 12.9. The number of amides is 1. The van der Waals surface area contributed by atoms with Crippen molar-refractivity contribution in [3.8, 4) is 5.75 Å². The smallest absolute Gasteiger partial charge is 0.341 e. The third kappa shape index (κ3) is 4.38. The first-order valence-electron chi connectivity index (χ1n) is 8.89. The van der Waals surface area contributed by atoms with Gasteiger partial charge in [-0.25, -0.2) is 13.2 Å². The zero-order chi connectivity index (χ0) is 21.2. The Hall–Kier alpha value is -2.59. The molecule has 0 fully saturated rings. The average Bonchev–Trinajstić information content (AvgIpc) is 3.25. The summed E-state index contributed by atoms with van der Waals surface area (Å²) < 4.78 is 35.8. The molecule has 0 atom stereocenters. The molecule has 1 aromatic heterocycles. The minimum absolute atomic E-state index is 0.259. The number of rotatable bonds is 7. The van der Waals surface area contributed by atoms with Crippen LogP contribution in [-0.2, 0) is 32.4 Å². The maximum absolute atomic E-state index is 12.7. The van der Waals surface area contributed by atoms with Gasteiger partial charge in [0.25, 0.3) is 0 Å². The number of carbonyl (C=O) groups is 2. The van der Waals surface area contributed by atoms with Gasteiger partial charge in [-0.15, -0.1) is 11.3 Å². The second kappa shape index (κ2) is 8.42. The maximum atomic E-state index is 12.7. The highest BCUT2D eigenvalue weighted by Gasteiger charge is 2.29. The zero-order valence-electron chi connectivity index (χ0n) is 16.4. The second-order valence-corrected chi connectivity index (χ2v) is 9.55. The van der Waals surface area contributed by atoms with Gasteiger partial charge in [0.1, 0.15) is 17.3 Å². The number of hydrogen-bond acceptors (Lipinski definition) is 7. The molecule has 0 saturated heterocycles. The first-order valence-corrected chi connectivity index (χ1v) is 11.6. The van der Waals surface area contributed by atoms with Crippen LogP contribution in [0.25, 0.3) is 0 Å². The Bertz CT molecular complexity index is 1040. The zero-order valence-corrected chi connectivity index (χ0v) is 18.0. The summed E-state index contributed by atoms with van der Waals surface area (Å²) in [5.74, 6) is -0.744. The second-order valence-electron chi connectivity index (χ2n) is 6.54. The first-order chi connectivity index (χ1) is 13.8. The summed E-state index contributed by atoms with van der Waals surface area (Å²) in [6, 6.07) is 6.54. The molecule has 0 aliphatic heterocycles. The molecule has 1 aromatic carbocycles. The molecule has 1 heterocycles. The molecule has 0 bridgehead atoms. The lowest BCUT2D eigenvalue weighted by molar-refractivity contribution is -0.114. The van der Waals surface area contributed by atoms with Crippen molar-refractivity contribution in [2.75, 3.05) is 36.6 Å². The minimum Gasteiger partial charge on any atom is -0.495 e. The van der Waals surface area contributed by atoms with Crippen LogP contribution in [0.4, 0.5) is 10.7 Å². The summed E-state index contributed by atoms with van der Waals surface area (Å²) in [4.78, 5) is 26.0. The highest BCUT2D eigenvalue weighted by molar-refractivity contribution is 7.92. The number of sulfonamides is 1. The minimum atomic E-state index is -3.76. The van der Waals surface area contributed by atoms with E-state index in [4.69, 9.17) is 9.47 Å². The van der Waals surface area contributed by atoms with Crippen LogP contribution in [0.1, 0.15) is 27.2 Å². The fourth-order valence-electron chi connectivity index (χ4n) is 3.32. The standard InChI is InChI=1S/C19H22N2O6S2/c1-26-14-9-5-4-8-13(14)21(29(3,24)25)11-16(22)20-18-17(19(23)27-2)12-7-6-10-15(12)28-18/h4-5,8-9H,6-7,10-11H2,1-3H3,(H,20,22). The molecule has 1 aliphatic rings. The molecule has 156 valence electrons. The lowest BCUT2D eigenvalue weighted by Crippen LogP contribution is -2.37. The van der Waals surface area contributed by atoms with Crippen LogP contribution in [0.3, 0.4) is 0 Å². The number of nitrogens with zero attached hydrogens (tertiary/aromatic N) is 1. The molecule has 0 spiro atoms. The number of benzene rings is 1. The van der Waals surface area contributed by atoms with Crippen molar-refractivity contribution >= 4 is 43.9 Å². The first kappa shape index (κ1) is 21.1. The third-order valence-corrected chi connectivity index (χ3v) is 6.94. The van der Waals surface area contributed by atoms with Gasteiger partial charge in [0.15, 0.2) is 0 Å². The Morgan fingerprint density at radius 1 is 1.21 bits per heavy atom. The van der Waals surface area contributed by atoms with E-state index in [0.717, 1.165) is 40.3 Å². The average molecular weight is 439 g/mol. The number of ether oxygens (including phenoxy) is 2. The van der Waals surface area contributed by atoms with Crippen LogP contribution in [0.2, 0.25) is 0 Å². The van der Waals surface area contributed by atoms with Crippen LogP contribution in [0.5, 0.6) is 5.75 Å². The Morgan fingerprint density at radius 3 is 2.59 bits per heavy atom. The monoisotopic (exact) mass is 438 g/mol. The number of fused-ring (bicyclic) bond motifs is 1. The van der Waals surface area contributed by atoms with Crippen molar-refractivity contribution in [3.05, 3.63) is 40.3 Å². The van der Waals surface area contributed by atoms with Gasteiger partial charge in [0.2, 0.25) is 15.9 Å². The topological polar surface area (TPSA) is 102 Å². The molecular formula is C19H22N2O6S2. The van der Waals surface area contributed by atoms with Gasteiger partial charge in [0.05, 0.1) is 31.7 Å². The Kier molecular flexibility index (Phi) is 6.13. The molecule has 0 saturated carbocycles. The van der Waals surface area contributed by atoms with Crippen LogP contribution < -0.4 is 14.4 Å². The van der Waals surface area contributed by atoms with Gasteiger partial charge >= 0.3 is 5.97 Å². The van der Waals surface area contributed by atoms with E-state index in [1.807, 2.05) is 0 Å². The summed E-state index contributed by atoms with van der Waals surface area (Å²) in [7, 11) is -1.04. The fourth-order valence-corrected chi connectivity index (χ4v) is 5.48. The highest BCUT2D eigenvalue weighted by Crippen LogP contribution is 2.39. The van der Waals surface area contributed by atoms with Crippen molar-refractivity contribution in [1.82, 2.24) is 0 Å². The molecule has 2 aromatic rings. The fraction of sp³-hybridized carbons (Fsp3) is 0.368. The number of carbonyl (C=O) groups excluding carboxylic acids is 2. The van der Waals surface area contributed by atoms with E-state index >= 15 is 0 Å². The predicted molar refractivity (Wildman–Crippen MR) is 111 cm³/mol. The van der Waals surface area contributed by atoms with Gasteiger partial charge in [-0.3, -0.25) is 9.10 Å². The molecule has 0 unspecified atom stereocenters. The Morgan fingerprint density at radius 2 is 1.93 bits per heavy atom. The van der Waals surface area contributed by atoms with E-state index in [1.54, 1.807) is 24.3 Å². The molecule has 8 nitrogen and oxygen atoms in total. The number of thiophene rings is 1. The van der Waals surface area contributed by atoms with Gasteiger partial charge < -0.3 is 14.8 Å². The number of para-hydroxylation sites is 2. The van der Waals surface area contributed by atoms with Crippen molar-refractivity contribution in [2.24, 2.45) is 0 Å². The van der Waals surface area contributed by atoms with Gasteiger partial charge in [-0.1, -0.05) is 12.1 Å². The molecule has 1 aliphatic carbocycles. The van der Waals surface area contributed by atoms with Gasteiger partial charge in [0, 0.05) is 4.88 Å². The van der Waals surface area contributed by atoms with Gasteiger partial charge in [-0.05, 0) is 37.0 Å². The van der Waals surface area contributed by atoms with Crippen molar-refractivity contribution in [3.63, 3.8) is 0 Å². The number of anilines is 2. The summed E-state index contributed by atoms with van der Waals surface area (Å²) in [5, 5.41) is 3.09.